The van der Waals surface area contributed by atoms with Gasteiger partial charge in [0.15, 0.2) is 17.8 Å². The molecule has 0 aliphatic heterocycles. The van der Waals surface area contributed by atoms with Gasteiger partial charge in [0.25, 0.3) is 0 Å². The largest absolute Gasteiger partial charge is 0.234 e. The van der Waals surface area contributed by atoms with Crippen LogP contribution in [0.1, 0.15) is 0 Å². The fourth-order valence-corrected chi connectivity index (χ4v) is 1.66. The van der Waals surface area contributed by atoms with Crippen LogP contribution in [-0.4, -0.2) is 30.1 Å². The first-order chi connectivity index (χ1) is 13.6. The molecule has 3 aromatic carbocycles. The normalized spacial score (nSPS) is 13.7. The minimum absolute atomic E-state index is 0. The molecular weight excluding hydrogens is 483 g/mol. The van der Waals surface area contributed by atoms with Gasteiger partial charge in [-0.3, -0.25) is 0 Å². The van der Waals surface area contributed by atoms with Crippen molar-refractivity contribution in [1.29, 1.82) is 0 Å². The van der Waals surface area contributed by atoms with Gasteiger partial charge in [-0.25, -0.2) is 8.78 Å². The van der Waals surface area contributed by atoms with Gasteiger partial charge in [-0.1, -0.05) is 109 Å². The summed E-state index contributed by atoms with van der Waals surface area (Å²) in [5.41, 5.74) is 1.26. The Balaban J connectivity index is 0.000000366. The number of allylic oxidation sites excluding steroid dienone is 3. The Morgan fingerprint density at radius 3 is 0.966 bits per heavy atom. The third-order valence-corrected chi connectivity index (χ3v) is 2.97. The first kappa shape index (κ1) is 26.4. The molecule has 0 spiro atoms. The summed E-state index contributed by atoms with van der Waals surface area (Å²) in [6.45, 7) is 0. The SMILES string of the molecule is FC1=C=C(F)C(F)C=C1F.[Sn].c1ccccc1.c1ccccc1.c1ccccc1. The molecule has 4 radical (unpaired) electrons. The number of hydrogen-bond acceptors (Lipinski definition) is 0. The van der Waals surface area contributed by atoms with Gasteiger partial charge in [0.1, 0.15) is 0 Å². The van der Waals surface area contributed by atoms with E-state index in [-0.39, 0.29) is 30.0 Å². The predicted octanol–water partition coefficient (Wildman–Crippen LogP) is 7.18. The Kier molecular flexibility index (Phi) is 16.0. The van der Waals surface area contributed by atoms with Crippen molar-refractivity contribution < 1.29 is 17.6 Å². The Morgan fingerprint density at radius 1 is 0.517 bits per heavy atom. The van der Waals surface area contributed by atoms with Crippen LogP contribution in [0.5, 0.6) is 0 Å². The summed E-state index contributed by atoms with van der Waals surface area (Å²) in [5.74, 6) is -4.33. The number of alkyl halides is 1. The van der Waals surface area contributed by atoms with Crippen LogP contribution in [0.25, 0.3) is 0 Å². The molecule has 0 saturated heterocycles. The number of halogens is 4. The maximum absolute atomic E-state index is 12.0. The summed E-state index contributed by atoms with van der Waals surface area (Å²) in [6, 6.07) is 36.0. The molecule has 29 heavy (non-hydrogen) atoms. The molecule has 0 heterocycles. The van der Waals surface area contributed by atoms with E-state index in [1.54, 1.807) is 0 Å². The van der Waals surface area contributed by atoms with Gasteiger partial charge in [-0.05, 0) is 11.8 Å². The van der Waals surface area contributed by atoms with E-state index in [0.717, 1.165) is 0 Å². The van der Waals surface area contributed by atoms with Gasteiger partial charge >= 0.3 is 0 Å². The van der Waals surface area contributed by atoms with Crippen molar-refractivity contribution in [2.75, 3.05) is 0 Å². The second-order valence-electron chi connectivity index (χ2n) is 5.17. The molecule has 148 valence electrons. The van der Waals surface area contributed by atoms with E-state index in [9.17, 15) is 17.6 Å². The van der Waals surface area contributed by atoms with E-state index in [0.29, 0.717) is 0 Å². The smallest absolute Gasteiger partial charge is 0.203 e. The second kappa shape index (κ2) is 17.5. The zero-order chi connectivity index (χ0) is 20.5. The van der Waals surface area contributed by atoms with Crippen molar-refractivity contribution in [3.8, 4) is 0 Å². The molecule has 0 amide bonds. The van der Waals surface area contributed by atoms with Crippen LogP contribution in [-0.2, 0) is 0 Å². The zero-order valence-electron chi connectivity index (χ0n) is 15.6. The van der Waals surface area contributed by atoms with Crippen LogP contribution in [0, 0.1) is 0 Å². The fraction of sp³-hybridized carbons (Fsp3) is 0.0417. The second-order valence-corrected chi connectivity index (χ2v) is 5.17. The van der Waals surface area contributed by atoms with E-state index in [2.05, 4.69) is 0 Å². The fourth-order valence-electron chi connectivity index (χ4n) is 1.66. The topological polar surface area (TPSA) is 0 Å². The predicted molar refractivity (Wildman–Crippen MR) is 112 cm³/mol. The molecule has 1 unspecified atom stereocenters. The average Bonchev–Trinajstić information content (AvgIpc) is 2.77. The van der Waals surface area contributed by atoms with Gasteiger partial charge in [-0.2, -0.15) is 8.78 Å². The van der Waals surface area contributed by atoms with Crippen molar-refractivity contribution in [1.82, 2.24) is 0 Å². The number of hydrogen-bond donors (Lipinski definition) is 0. The summed E-state index contributed by atoms with van der Waals surface area (Å²) in [4.78, 5) is 0. The maximum atomic E-state index is 12.0. The summed E-state index contributed by atoms with van der Waals surface area (Å²) < 4.78 is 47.9. The molecule has 0 nitrogen and oxygen atoms in total. The molecule has 0 aromatic heterocycles. The molecule has 1 aliphatic rings. The molecular formula is C24H20F4Sn. The number of benzene rings is 3. The van der Waals surface area contributed by atoms with E-state index < -0.39 is 23.7 Å². The van der Waals surface area contributed by atoms with E-state index in [4.69, 9.17) is 0 Å². The Morgan fingerprint density at radius 2 is 0.759 bits per heavy atom. The quantitative estimate of drug-likeness (QED) is 0.173. The van der Waals surface area contributed by atoms with Crippen molar-refractivity contribution in [2.24, 2.45) is 0 Å². The molecule has 0 bridgehead atoms. The molecule has 1 atom stereocenters. The molecule has 5 heteroatoms. The van der Waals surface area contributed by atoms with Crippen molar-refractivity contribution in [3.05, 3.63) is 138 Å². The van der Waals surface area contributed by atoms with Crippen molar-refractivity contribution >= 4 is 23.9 Å². The van der Waals surface area contributed by atoms with Gasteiger partial charge in [-0.15, -0.1) is 0 Å². The Bertz CT molecular complexity index is 689. The Labute approximate surface area is 185 Å². The van der Waals surface area contributed by atoms with Gasteiger partial charge in [0.2, 0.25) is 5.83 Å². The number of rotatable bonds is 0. The van der Waals surface area contributed by atoms with E-state index >= 15 is 0 Å². The zero-order valence-corrected chi connectivity index (χ0v) is 18.4. The minimum Gasteiger partial charge on any atom is -0.234 e. The summed E-state index contributed by atoms with van der Waals surface area (Å²) >= 11 is 0. The van der Waals surface area contributed by atoms with Crippen LogP contribution in [0.15, 0.2) is 138 Å². The van der Waals surface area contributed by atoms with E-state index in [1.165, 1.54) is 5.73 Å². The molecule has 3 aromatic rings. The third kappa shape index (κ3) is 14.1. The molecule has 1 aliphatic carbocycles. The van der Waals surface area contributed by atoms with Crippen molar-refractivity contribution in [3.63, 3.8) is 0 Å². The first-order valence-corrected chi connectivity index (χ1v) is 8.45. The summed E-state index contributed by atoms with van der Waals surface area (Å²) in [7, 11) is 0. The van der Waals surface area contributed by atoms with Crippen molar-refractivity contribution in [2.45, 2.75) is 6.17 Å². The van der Waals surface area contributed by atoms with Crippen LogP contribution < -0.4 is 0 Å². The standard InChI is InChI=1S/C6H2F4.3C6H6.Sn/c7-3-1-4(8)6(10)2-5(3)9;3*1-2-4-6-5-3-1;/h1,3H;3*1-6H;. The van der Waals surface area contributed by atoms with Crippen LogP contribution in [0.4, 0.5) is 17.6 Å². The Hall–Kier alpha value is -2.56. The molecule has 0 fully saturated rings. The van der Waals surface area contributed by atoms with Gasteiger partial charge in [0.05, 0.1) is 0 Å². The first-order valence-electron chi connectivity index (χ1n) is 8.45. The summed E-state index contributed by atoms with van der Waals surface area (Å²) in [5, 5.41) is 0. The van der Waals surface area contributed by atoms with Gasteiger partial charge in [0, 0.05) is 23.9 Å². The molecule has 4 rings (SSSR count). The average molecular weight is 503 g/mol. The molecule has 0 N–H and O–H groups in total. The maximum Gasteiger partial charge on any atom is 0.203 e. The van der Waals surface area contributed by atoms with Crippen LogP contribution in [0.2, 0.25) is 0 Å². The third-order valence-electron chi connectivity index (χ3n) is 2.97. The van der Waals surface area contributed by atoms with Crippen LogP contribution in [0.3, 0.4) is 0 Å². The van der Waals surface area contributed by atoms with Crippen LogP contribution >= 0.6 is 0 Å². The van der Waals surface area contributed by atoms with Gasteiger partial charge < -0.3 is 0 Å². The molecule has 0 saturated carbocycles. The monoisotopic (exact) mass is 504 g/mol. The summed E-state index contributed by atoms with van der Waals surface area (Å²) in [6.07, 6.45) is -1.99. The van der Waals surface area contributed by atoms with E-state index in [1.807, 2.05) is 109 Å². The minimum atomic E-state index is -2.19.